The second kappa shape index (κ2) is 6.21. The second-order valence-electron chi connectivity index (χ2n) is 3.94. The van der Waals surface area contributed by atoms with Crippen LogP contribution in [-0.2, 0) is 0 Å². The fraction of sp³-hybridized carbons (Fsp3) is 0.154. The molecule has 1 aromatic heterocycles. The number of rotatable bonds is 4. The summed E-state index contributed by atoms with van der Waals surface area (Å²) in [6.45, 7) is 1.82. The van der Waals surface area contributed by atoms with Gasteiger partial charge in [-0.2, -0.15) is 10.2 Å². The lowest BCUT2D eigenvalue weighted by atomic mass is 10.1. The van der Waals surface area contributed by atoms with E-state index in [9.17, 15) is 4.79 Å². The Morgan fingerprint density at radius 1 is 1.45 bits per heavy atom. The molecule has 0 fully saturated rings. The van der Waals surface area contributed by atoms with Crippen LogP contribution in [0.15, 0.2) is 40.4 Å². The van der Waals surface area contributed by atoms with Crippen molar-refractivity contribution in [1.29, 1.82) is 0 Å². The van der Waals surface area contributed by atoms with Crippen molar-refractivity contribution in [2.45, 2.75) is 6.92 Å². The smallest absolute Gasteiger partial charge is 0.285 e. The van der Waals surface area contributed by atoms with E-state index in [4.69, 9.17) is 16.3 Å². The average molecular weight is 293 g/mol. The number of benzene rings is 1. The van der Waals surface area contributed by atoms with Crippen molar-refractivity contribution in [3.05, 3.63) is 51.4 Å². The molecule has 0 bridgehead atoms. The summed E-state index contributed by atoms with van der Waals surface area (Å²) in [5.74, 6) is 0.714. The number of anilines is 1. The number of H-pyrrole nitrogens is 1. The summed E-state index contributed by atoms with van der Waals surface area (Å²) >= 11 is 5.84. The third kappa shape index (κ3) is 2.97. The summed E-state index contributed by atoms with van der Waals surface area (Å²) in [4.78, 5) is 11.3. The molecule has 0 atom stereocenters. The Bertz CT molecular complexity index is 697. The molecule has 1 aromatic carbocycles. The summed E-state index contributed by atoms with van der Waals surface area (Å²) in [5.41, 5.74) is 4.13. The van der Waals surface area contributed by atoms with Crippen molar-refractivity contribution in [1.82, 2.24) is 10.2 Å². The number of hydrogen-bond acceptors (Lipinski definition) is 5. The number of aromatic nitrogens is 2. The molecule has 1 heterocycles. The lowest BCUT2D eigenvalue weighted by Crippen LogP contribution is -2.11. The molecule has 104 valence electrons. The van der Waals surface area contributed by atoms with Gasteiger partial charge in [0, 0.05) is 5.56 Å². The Morgan fingerprint density at radius 3 is 2.95 bits per heavy atom. The van der Waals surface area contributed by atoms with Crippen molar-refractivity contribution in [2.24, 2.45) is 5.10 Å². The predicted molar refractivity (Wildman–Crippen MR) is 78.7 cm³/mol. The van der Waals surface area contributed by atoms with Crippen LogP contribution >= 0.6 is 11.6 Å². The Balaban J connectivity index is 2.27. The van der Waals surface area contributed by atoms with Crippen LogP contribution in [0, 0.1) is 0 Å². The first-order valence-corrected chi connectivity index (χ1v) is 6.18. The van der Waals surface area contributed by atoms with Gasteiger partial charge < -0.3 is 4.74 Å². The maximum Gasteiger partial charge on any atom is 0.285 e. The molecular formula is C13H13ClN4O2. The first-order chi connectivity index (χ1) is 9.63. The standard InChI is InChI=1S/C13H13ClN4O2/c1-8(9-5-3-4-6-11(9)20-2)16-17-10-7-15-18-13(19)12(10)14/h3-7H,1-2H3,(H2,17,18,19)/b16-8-. The third-order valence-electron chi connectivity index (χ3n) is 2.64. The molecule has 6 nitrogen and oxygen atoms in total. The number of halogens is 1. The molecule has 0 saturated heterocycles. The van der Waals surface area contributed by atoms with Gasteiger partial charge in [-0.05, 0) is 19.1 Å². The van der Waals surface area contributed by atoms with Crippen LogP contribution in [0.5, 0.6) is 5.75 Å². The number of methoxy groups -OCH3 is 1. The number of nitrogens with zero attached hydrogens (tertiary/aromatic N) is 2. The van der Waals surface area contributed by atoms with E-state index in [0.717, 1.165) is 5.56 Å². The zero-order valence-corrected chi connectivity index (χ0v) is 11.7. The maximum atomic E-state index is 11.3. The van der Waals surface area contributed by atoms with Crippen molar-refractivity contribution in [2.75, 3.05) is 12.5 Å². The van der Waals surface area contributed by atoms with Crippen LogP contribution in [-0.4, -0.2) is 23.0 Å². The van der Waals surface area contributed by atoms with Crippen LogP contribution < -0.4 is 15.7 Å². The summed E-state index contributed by atoms with van der Waals surface area (Å²) in [5, 5.41) is 10.1. The molecule has 0 saturated carbocycles. The normalized spacial score (nSPS) is 11.2. The number of aromatic amines is 1. The molecule has 2 N–H and O–H groups in total. The molecular weight excluding hydrogens is 280 g/mol. The minimum absolute atomic E-state index is 0.0107. The Hall–Kier alpha value is -2.34. The number of ether oxygens (including phenoxy) is 1. The van der Waals surface area contributed by atoms with Gasteiger partial charge in [-0.3, -0.25) is 10.2 Å². The van der Waals surface area contributed by atoms with Gasteiger partial charge in [0.1, 0.15) is 16.5 Å². The van der Waals surface area contributed by atoms with Gasteiger partial charge >= 0.3 is 0 Å². The highest BCUT2D eigenvalue weighted by atomic mass is 35.5. The lowest BCUT2D eigenvalue weighted by molar-refractivity contribution is 0.414. The largest absolute Gasteiger partial charge is 0.496 e. The summed E-state index contributed by atoms with van der Waals surface area (Å²) in [6.07, 6.45) is 1.39. The van der Waals surface area contributed by atoms with E-state index in [1.165, 1.54) is 6.20 Å². The van der Waals surface area contributed by atoms with Gasteiger partial charge in [0.05, 0.1) is 19.0 Å². The molecule has 0 aliphatic carbocycles. The SMILES string of the molecule is COc1ccccc1/C(C)=N\Nc1cn[nH]c(=O)c1Cl. The van der Waals surface area contributed by atoms with Gasteiger partial charge in [0.25, 0.3) is 5.56 Å². The van der Waals surface area contributed by atoms with E-state index in [-0.39, 0.29) is 5.02 Å². The van der Waals surface area contributed by atoms with E-state index in [1.54, 1.807) is 7.11 Å². The predicted octanol–water partition coefficient (Wildman–Crippen LogP) is 2.27. The topological polar surface area (TPSA) is 79.4 Å². The lowest BCUT2D eigenvalue weighted by Gasteiger charge is -2.08. The number of nitrogens with one attached hydrogen (secondary N) is 2. The molecule has 2 aromatic rings. The van der Waals surface area contributed by atoms with E-state index < -0.39 is 5.56 Å². The monoisotopic (exact) mass is 292 g/mol. The van der Waals surface area contributed by atoms with Crippen LogP contribution in [0.1, 0.15) is 12.5 Å². The molecule has 0 spiro atoms. The van der Waals surface area contributed by atoms with E-state index >= 15 is 0 Å². The molecule has 0 unspecified atom stereocenters. The van der Waals surface area contributed by atoms with Crippen molar-refractivity contribution in [3.63, 3.8) is 0 Å². The fourth-order valence-corrected chi connectivity index (χ4v) is 1.74. The first-order valence-electron chi connectivity index (χ1n) is 5.80. The van der Waals surface area contributed by atoms with Gasteiger partial charge in [-0.15, -0.1) is 0 Å². The van der Waals surface area contributed by atoms with Crippen molar-refractivity contribution in [3.8, 4) is 5.75 Å². The average Bonchev–Trinajstić information content (AvgIpc) is 2.48. The van der Waals surface area contributed by atoms with Gasteiger partial charge in [0.15, 0.2) is 0 Å². The molecule has 7 heteroatoms. The maximum absolute atomic E-state index is 11.3. The van der Waals surface area contributed by atoms with Crippen LogP contribution in [0.4, 0.5) is 5.69 Å². The molecule has 0 radical (unpaired) electrons. The third-order valence-corrected chi connectivity index (χ3v) is 3.01. The Kier molecular flexibility index (Phi) is 4.37. The quantitative estimate of drug-likeness (QED) is 0.669. The minimum Gasteiger partial charge on any atom is -0.496 e. The zero-order chi connectivity index (χ0) is 14.5. The van der Waals surface area contributed by atoms with E-state index in [1.807, 2.05) is 31.2 Å². The summed E-state index contributed by atoms with van der Waals surface area (Å²) in [6, 6.07) is 7.49. The highest BCUT2D eigenvalue weighted by Crippen LogP contribution is 2.19. The molecule has 0 aliphatic rings. The summed E-state index contributed by atoms with van der Waals surface area (Å²) < 4.78 is 5.26. The Labute approximate surface area is 120 Å². The van der Waals surface area contributed by atoms with Gasteiger partial charge in [-0.25, -0.2) is 5.10 Å². The highest BCUT2D eigenvalue weighted by Gasteiger charge is 2.07. The summed E-state index contributed by atoms with van der Waals surface area (Å²) in [7, 11) is 1.59. The molecule has 2 rings (SSSR count). The van der Waals surface area contributed by atoms with Crippen LogP contribution in [0.2, 0.25) is 5.02 Å². The Morgan fingerprint density at radius 2 is 2.20 bits per heavy atom. The van der Waals surface area contributed by atoms with Crippen molar-refractivity contribution < 1.29 is 4.74 Å². The van der Waals surface area contributed by atoms with E-state index in [2.05, 4.69) is 20.7 Å². The molecule has 0 amide bonds. The molecule has 20 heavy (non-hydrogen) atoms. The number of hydrogen-bond donors (Lipinski definition) is 2. The second-order valence-corrected chi connectivity index (χ2v) is 4.31. The zero-order valence-electron chi connectivity index (χ0n) is 11.0. The van der Waals surface area contributed by atoms with Gasteiger partial charge in [-0.1, -0.05) is 23.7 Å². The number of para-hydroxylation sites is 1. The fourth-order valence-electron chi connectivity index (χ4n) is 1.61. The minimum atomic E-state index is -0.471. The first kappa shape index (κ1) is 14.1. The van der Waals surface area contributed by atoms with E-state index in [0.29, 0.717) is 17.1 Å². The van der Waals surface area contributed by atoms with Crippen molar-refractivity contribution >= 4 is 23.0 Å². The molecule has 0 aliphatic heterocycles. The number of hydrazone groups is 1. The van der Waals surface area contributed by atoms with Gasteiger partial charge in [0.2, 0.25) is 0 Å². The van der Waals surface area contributed by atoms with Crippen LogP contribution in [0.25, 0.3) is 0 Å². The highest BCUT2D eigenvalue weighted by molar-refractivity contribution is 6.32. The van der Waals surface area contributed by atoms with Crippen LogP contribution in [0.3, 0.4) is 0 Å².